The second-order valence-electron chi connectivity index (χ2n) is 5.32. The van der Waals surface area contributed by atoms with Gasteiger partial charge < -0.3 is 20.1 Å². The highest BCUT2D eigenvalue weighted by Gasteiger charge is 2.41. The van der Waals surface area contributed by atoms with E-state index in [9.17, 15) is 4.79 Å². The van der Waals surface area contributed by atoms with Gasteiger partial charge in [0.1, 0.15) is 0 Å². The predicted molar refractivity (Wildman–Crippen MR) is 63.6 cm³/mol. The Hall–Kier alpha value is -0.650. The predicted octanol–water partition coefficient (Wildman–Crippen LogP) is -0.263. The van der Waals surface area contributed by atoms with E-state index in [0.717, 1.165) is 19.4 Å². The second kappa shape index (κ2) is 4.92. The van der Waals surface area contributed by atoms with E-state index in [-0.39, 0.29) is 24.7 Å². The number of carbonyl (C=O) groups is 1. The van der Waals surface area contributed by atoms with E-state index in [4.69, 9.17) is 9.84 Å². The van der Waals surface area contributed by atoms with Crippen molar-refractivity contribution in [3.8, 4) is 0 Å². The van der Waals surface area contributed by atoms with E-state index in [1.54, 1.807) is 0 Å². The maximum atomic E-state index is 12.5. The minimum Gasteiger partial charge on any atom is -0.394 e. The van der Waals surface area contributed by atoms with Gasteiger partial charge in [0, 0.05) is 13.1 Å². The zero-order chi connectivity index (χ0) is 12.5. The number of rotatable bonds is 2. The van der Waals surface area contributed by atoms with Crippen LogP contribution in [0.15, 0.2) is 0 Å². The molecule has 3 atom stereocenters. The summed E-state index contributed by atoms with van der Waals surface area (Å²) in [5.74, 6) is 0.142. The second-order valence-corrected chi connectivity index (χ2v) is 5.32. The topological polar surface area (TPSA) is 61.8 Å². The van der Waals surface area contributed by atoms with E-state index in [1.165, 1.54) is 0 Å². The van der Waals surface area contributed by atoms with Crippen LogP contribution in [0.25, 0.3) is 0 Å². The van der Waals surface area contributed by atoms with Gasteiger partial charge in [-0.3, -0.25) is 4.79 Å². The van der Waals surface area contributed by atoms with Crippen molar-refractivity contribution in [3.05, 3.63) is 0 Å². The molecule has 0 aromatic rings. The number of nitrogens with one attached hydrogen (secondary N) is 1. The highest BCUT2D eigenvalue weighted by Crippen LogP contribution is 2.23. The molecule has 0 bridgehead atoms. The molecule has 2 heterocycles. The van der Waals surface area contributed by atoms with Crippen LogP contribution < -0.4 is 5.32 Å². The Kier molecular flexibility index (Phi) is 3.70. The van der Waals surface area contributed by atoms with E-state index < -0.39 is 5.54 Å². The van der Waals surface area contributed by atoms with Crippen LogP contribution in [0.2, 0.25) is 0 Å². The molecule has 17 heavy (non-hydrogen) atoms. The molecule has 2 aliphatic heterocycles. The summed E-state index contributed by atoms with van der Waals surface area (Å²) in [5, 5.41) is 12.4. The van der Waals surface area contributed by atoms with Crippen molar-refractivity contribution < 1.29 is 14.6 Å². The lowest BCUT2D eigenvalue weighted by Crippen LogP contribution is -2.59. The Balaban J connectivity index is 2.03. The van der Waals surface area contributed by atoms with Crippen LogP contribution in [0.1, 0.15) is 26.7 Å². The maximum Gasteiger partial charge on any atom is 0.242 e. The Morgan fingerprint density at radius 2 is 2.35 bits per heavy atom. The number of aliphatic hydroxyl groups is 1. The van der Waals surface area contributed by atoms with Gasteiger partial charge in [0.15, 0.2) is 0 Å². The Labute approximate surface area is 102 Å². The fraction of sp³-hybridized carbons (Fsp3) is 0.917. The minimum atomic E-state index is -0.420. The molecular formula is C12H22N2O3. The number of nitrogens with zero attached hydrogens (tertiary/aromatic N) is 1. The van der Waals surface area contributed by atoms with Gasteiger partial charge in [-0.1, -0.05) is 0 Å². The summed E-state index contributed by atoms with van der Waals surface area (Å²) < 4.78 is 5.55. The first-order valence-electron chi connectivity index (χ1n) is 6.36. The molecule has 2 rings (SSSR count). The van der Waals surface area contributed by atoms with E-state index in [1.807, 2.05) is 18.7 Å². The quantitative estimate of drug-likeness (QED) is 0.700. The molecular weight excluding hydrogens is 220 g/mol. The third-order valence-corrected chi connectivity index (χ3v) is 3.66. The lowest BCUT2D eigenvalue weighted by Gasteiger charge is -2.39. The van der Waals surface area contributed by atoms with Crippen molar-refractivity contribution in [2.45, 2.75) is 44.4 Å². The fourth-order valence-electron chi connectivity index (χ4n) is 2.74. The maximum absolute atomic E-state index is 12.5. The van der Waals surface area contributed by atoms with Gasteiger partial charge in [0.05, 0.1) is 24.4 Å². The van der Waals surface area contributed by atoms with Crippen LogP contribution in [-0.4, -0.2) is 59.9 Å². The monoisotopic (exact) mass is 242 g/mol. The Bertz CT molecular complexity index is 289. The summed E-state index contributed by atoms with van der Waals surface area (Å²) in [7, 11) is 0. The summed E-state index contributed by atoms with van der Waals surface area (Å²) in [4.78, 5) is 14.3. The Morgan fingerprint density at radius 3 is 2.94 bits per heavy atom. The molecule has 0 radical (unpaired) electrons. The number of ether oxygens (including phenoxy) is 1. The largest absolute Gasteiger partial charge is 0.394 e. The minimum absolute atomic E-state index is 0.00477. The Morgan fingerprint density at radius 1 is 1.59 bits per heavy atom. The normalized spacial score (nSPS) is 38.4. The molecule has 2 N–H and O–H groups in total. The number of amides is 1. The van der Waals surface area contributed by atoms with Gasteiger partial charge in [0.25, 0.3) is 0 Å². The van der Waals surface area contributed by atoms with E-state index >= 15 is 0 Å². The molecule has 0 aromatic heterocycles. The molecule has 5 heteroatoms. The van der Waals surface area contributed by atoms with Crippen molar-refractivity contribution >= 4 is 5.91 Å². The average Bonchev–Trinajstić information content (AvgIpc) is 2.75. The first-order chi connectivity index (χ1) is 8.05. The summed E-state index contributed by atoms with van der Waals surface area (Å²) >= 11 is 0. The summed E-state index contributed by atoms with van der Waals surface area (Å²) in [5.41, 5.74) is -0.420. The molecule has 5 nitrogen and oxygen atoms in total. The molecule has 98 valence electrons. The van der Waals surface area contributed by atoms with Gasteiger partial charge in [-0.15, -0.1) is 0 Å². The first-order valence-corrected chi connectivity index (χ1v) is 6.36. The number of aliphatic hydroxyl groups excluding tert-OH is 1. The molecule has 0 saturated carbocycles. The first kappa shape index (κ1) is 12.8. The smallest absolute Gasteiger partial charge is 0.242 e. The van der Waals surface area contributed by atoms with Crippen LogP contribution in [0, 0.1) is 0 Å². The number of morpholine rings is 1. The van der Waals surface area contributed by atoms with Crippen LogP contribution in [0.4, 0.5) is 0 Å². The van der Waals surface area contributed by atoms with Crippen molar-refractivity contribution in [1.82, 2.24) is 10.2 Å². The van der Waals surface area contributed by atoms with Crippen molar-refractivity contribution in [1.29, 1.82) is 0 Å². The summed E-state index contributed by atoms with van der Waals surface area (Å²) in [6.45, 7) is 5.90. The van der Waals surface area contributed by atoms with Crippen molar-refractivity contribution in [2.24, 2.45) is 0 Å². The zero-order valence-electron chi connectivity index (χ0n) is 10.6. The van der Waals surface area contributed by atoms with Gasteiger partial charge in [-0.25, -0.2) is 0 Å². The van der Waals surface area contributed by atoms with Crippen LogP contribution >= 0.6 is 0 Å². The standard InChI is InChI=1S/C12H22N2O3/c1-9-6-14(7-10(8-15)17-9)11(16)12(2)4-3-5-13-12/h9-10,13,15H,3-8H2,1-2H3. The SMILES string of the molecule is CC1CN(C(=O)C2(C)CCCN2)CC(CO)O1. The third kappa shape index (κ3) is 2.61. The molecule has 1 amide bonds. The lowest BCUT2D eigenvalue weighted by molar-refractivity contribution is -0.152. The number of hydrogen-bond acceptors (Lipinski definition) is 4. The van der Waals surface area contributed by atoms with E-state index in [0.29, 0.717) is 13.1 Å². The molecule has 2 saturated heterocycles. The highest BCUT2D eigenvalue weighted by atomic mass is 16.5. The molecule has 2 aliphatic rings. The van der Waals surface area contributed by atoms with Crippen LogP contribution in [0.3, 0.4) is 0 Å². The number of carbonyl (C=O) groups excluding carboxylic acids is 1. The van der Waals surface area contributed by atoms with Gasteiger partial charge in [0.2, 0.25) is 5.91 Å². The van der Waals surface area contributed by atoms with Gasteiger partial charge in [-0.2, -0.15) is 0 Å². The fourth-order valence-corrected chi connectivity index (χ4v) is 2.74. The molecule has 0 spiro atoms. The van der Waals surface area contributed by atoms with Crippen LogP contribution in [0.5, 0.6) is 0 Å². The lowest BCUT2D eigenvalue weighted by atomic mass is 9.97. The average molecular weight is 242 g/mol. The molecule has 3 unspecified atom stereocenters. The zero-order valence-corrected chi connectivity index (χ0v) is 10.6. The van der Waals surface area contributed by atoms with Crippen molar-refractivity contribution in [2.75, 3.05) is 26.2 Å². The summed E-state index contributed by atoms with van der Waals surface area (Å²) in [6, 6.07) is 0. The number of hydrogen-bond donors (Lipinski definition) is 2. The van der Waals surface area contributed by atoms with Crippen molar-refractivity contribution in [3.63, 3.8) is 0 Å². The molecule has 2 fully saturated rings. The van der Waals surface area contributed by atoms with Crippen LogP contribution in [-0.2, 0) is 9.53 Å². The van der Waals surface area contributed by atoms with Gasteiger partial charge in [-0.05, 0) is 33.2 Å². The molecule has 0 aromatic carbocycles. The van der Waals surface area contributed by atoms with Gasteiger partial charge >= 0.3 is 0 Å². The highest BCUT2D eigenvalue weighted by molar-refractivity contribution is 5.86. The summed E-state index contributed by atoms with van der Waals surface area (Å²) in [6.07, 6.45) is 1.69. The molecule has 0 aliphatic carbocycles. The van der Waals surface area contributed by atoms with E-state index in [2.05, 4.69) is 5.32 Å². The third-order valence-electron chi connectivity index (χ3n) is 3.66.